The van der Waals surface area contributed by atoms with Crippen LogP contribution in [0.1, 0.15) is 33.2 Å². The summed E-state index contributed by atoms with van der Waals surface area (Å²) in [6.07, 6.45) is 1.07. The van der Waals surface area contributed by atoms with Gasteiger partial charge in [-0.1, -0.05) is 20.3 Å². The van der Waals surface area contributed by atoms with Gasteiger partial charge in [-0.15, -0.1) is 5.10 Å². The number of hydrogen-bond acceptors (Lipinski definition) is 5. The lowest BCUT2D eigenvalue weighted by Gasteiger charge is -2.19. The average molecular weight is 275 g/mol. The highest BCUT2D eigenvalue weighted by molar-refractivity contribution is 5.64. The number of ether oxygens (including phenoxy) is 1. The van der Waals surface area contributed by atoms with Crippen LogP contribution in [0.4, 0.5) is 5.69 Å². The van der Waals surface area contributed by atoms with E-state index in [-0.39, 0.29) is 6.04 Å². The summed E-state index contributed by atoms with van der Waals surface area (Å²) in [4.78, 5) is 0. The van der Waals surface area contributed by atoms with Crippen molar-refractivity contribution in [2.75, 3.05) is 12.8 Å². The Morgan fingerprint density at radius 2 is 2.05 bits per heavy atom. The van der Waals surface area contributed by atoms with Gasteiger partial charge < -0.3 is 10.5 Å². The summed E-state index contributed by atoms with van der Waals surface area (Å²) in [6.45, 7) is 6.47. The van der Waals surface area contributed by atoms with Crippen LogP contribution in [-0.4, -0.2) is 27.3 Å². The molecule has 108 valence electrons. The first kappa shape index (κ1) is 14.3. The molecule has 6 heteroatoms. The van der Waals surface area contributed by atoms with Crippen molar-refractivity contribution in [3.8, 4) is 17.1 Å². The lowest BCUT2D eigenvalue weighted by Crippen LogP contribution is -2.16. The minimum Gasteiger partial charge on any atom is -0.497 e. The lowest BCUT2D eigenvalue weighted by molar-refractivity contribution is 0.340. The smallest absolute Gasteiger partial charge is 0.182 e. The van der Waals surface area contributed by atoms with E-state index in [1.807, 2.05) is 16.8 Å². The first-order chi connectivity index (χ1) is 9.56. The van der Waals surface area contributed by atoms with Gasteiger partial charge in [-0.3, -0.25) is 0 Å². The number of aromatic nitrogens is 4. The quantitative estimate of drug-likeness (QED) is 0.848. The van der Waals surface area contributed by atoms with Crippen LogP contribution in [0.3, 0.4) is 0 Å². The SMILES string of the molecule is CCC(C)C(C)n1nnnc1-c1cc(N)cc(OC)c1. The number of methoxy groups -OCH3 is 1. The molecule has 0 aliphatic rings. The van der Waals surface area contributed by atoms with Crippen LogP contribution >= 0.6 is 0 Å². The molecule has 0 radical (unpaired) electrons. The molecular formula is C14H21N5O. The topological polar surface area (TPSA) is 78.9 Å². The van der Waals surface area contributed by atoms with Crippen molar-refractivity contribution < 1.29 is 4.74 Å². The van der Waals surface area contributed by atoms with Gasteiger partial charge in [0.1, 0.15) is 5.75 Å². The first-order valence-electron chi connectivity index (χ1n) is 6.79. The van der Waals surface area contributed by atoms with E-state index in [4.69, 9.17) is 10.5 Å². The van der Waals surface area contributed by atoms with Crippen molar-refractivity contribution in [3.05, 3.63) is 18.2 Å². The van der Waals surface area contributed by atoms with Crippen molar-refractivity contribution in [3.63, 3.8) is 0 Å². The Hall–Kier alpha value is -2.11. The van der Waals surface area contributed by atoms with E-state index in [1.165, 1.54) is 0 Å². The van der Waals surface area contributed by atoms with Gasteiger partial charge in [-0.05, 0) is 35.4 Å². The highest BCUT2D eigenvalue weighted by atomic mass is 16.5. The molecular weight excluding hydrogens is 254 g/mol. The summed E-state index contributed by atoms with van der Waals surface area (Å²) >= 11 is 0. The van der Waals surface area contributed by atoms with Crippen LogP contribution in [0, 0.1) is 5.92 Å². The lowest BCUT2D eigenvalue weighted by atomic mass is 10.0. The van der Waals surface area contributed by atoms with E-state index in [0.717, 1.165) is 12.0 Å². The van der Waals surface area contributed by atoms with Gasteiger partial charge in [-0.2, -0.15) is 0 Å². The second-order valence-corrected chi connectivity index (χ2v) is 5.07. The Balaban J connectivity index is 2.44. The Kier molecular flexibility index (Phi) is 4.22. The summed E-state index contributed by atoms with van der Waals surface area (Å²) < 4.78 is 7.09. The molecule has 2 aromatic rings. The second kappa shape index (κ2) is 5.90. The molecule has 2 rings (SSSR count). The highest BCUT2D eigenvalue weighted by Gasteiger charge is 2.19. The Labute approximate surface area is 118 Å². The number of tetrazole rings is 1. The van der Waals surface area contributed by atoms with Crippen molar-refractivity contribution in [1.82, 2.24) is 20.2 Å². The molecule has 20 heavy (non-hydrogen) atoms. The first-order valence-corrected chi connectivity index (χ1v) is 6.79. The summed E-state index contributed by atoms with van der Waals surface area (Å²) in [5.74, 6) is 1.90. The maximum Gasteiger partial charge on any atom is 0.182 e. The van der Waals surface area contributed by atoms with E-state index in [9.17, 15) is 0 Å². The molecule has 1 aromatic carbocycles. The van der Waals surface area contributed by atoms with Crippen molar-refractivity contribution in [2.45, 2.75) is 33.2 Å². The monoisotopic (exact) mass is 275 g/mol. The maximum absolute atomic E-state index is 5.90. The third-order valence-electron chi connectivity index (χ3n) is 3.77. The number of nitrogen functional groups attached to an aromatic ring is 1. The summed E-state index contributed by atoms with van der Waals surface area (Å²) in [6, 6.07) is 5.74. The van der Waals surface area contributed by atoms with Crippen LogP contribution in [0.15, 0.2) is 18.2 Å². The van der Waals surface area contributed by atoms with Crippen LogP contribution < -0.4 is 10.5 Å². The maximum atomic E-state index is 5.90. The van der Waals surface area contributed by atoms with Gasteiger partial charge >= 0.3 is 0 Å². The molecule has 1 heterocycles. The number of rotatable bonds is 5. The Bertz CT molecular complexity index is 581. The molecule has 2 unspecified atom stereocenters. The molecule has 2 atom stereocenters. The van der Waals surface area contributed by atoms with Gasteiger partial charge in [0, 0.05) is 17.3 Å². The number of hydrogen-bond donors (Lipinski definition) is 1. The molecule has 0 spiro atoms. The van der Waals surface area contributed by atoms with E-state index < -0.39 is 0 Å². The van der Waals surface area contributed by atoms with Gasteiger partial charge in [0.2, 0.25) is 0 Å². The molecule has 0 amide bonds. The third-order valence-corrected chi connectivity index (χ3v) is 3.77. The van der Waals surface area contributed by atoms with E-state index in [0.29, 0.717) is 23.2 Å². The fraction of sp³-hybridized carbons (Fsp3) is 0.500. The third kappa shape index (κ3) is 2.74. The minimum atomic E-state index is 0.220. The van der Waals surface area contributed by atoms with Crippen LogP contribution in [-0.2, 0) is 0 Å². The molecule has 6 nitrogen and oxygen atoms in total. The average Bonchev–Trinajstić information content (AvgIpc) is 2.94. The zero-order valence-corrected chi connectivity index (χ0v) is 12.4. The van der Waals surface area contributed by atoms with Crippen molar-refractivity contribution >= 4 is 5.69 Å². The molecule has 0 aliphatic carbocycles. The number of nitrogens with zero attached hydrogens (tertiary/aromatic N) is 4. The van der Waals surface area contributed by atoms with E-state index in [1.54, 1.807) is 13.2 Å². The Morgan fingerprint density at radius 1 is 1.30 bits per heavy atom. The predicted molar refractivity (Wildman–Crippen MR) is 78.4 cm³/mol. The van der Waals surface area contributed by atoms with Gasteiger partial charge in [0.15, 0.2) is 5.82 Å². The largest absolute Gasteiger partial charge is 0.497 e. The van der Waals surface area contributed by atoms with Gasteiger partial charge in [0.05, 0.1) is 13.2 Å². The fourth-order valence-electron chi connectivity index (χ4n) is 2.11. The standard InChI is InChI=1S/C14H21N5O/c1-5-9(2)10(3)19-14(16-17-18-19)11-6-12(15)8-13(7-11)20-4/h6-10H,5,15H2,1-4H3. The van der Waals surface area contributed by atoms with Crippen molar-refractivity contribution in [2.24, 2.45) is 5.92 Å². The summed E-state index contributed by atoms with van der Waals surface area (Å²) in [5.41, 5.74) is 7.39. The fourth-order valence-corrected chi connectivity index (χ4v) is 2.11. The van der Waals surface area contributed by atoms with Crippen LogP contribution in [0.25, 0.3) is 11.4 Å². The predicted octanol–water partition coefficient (Wildman–Crippen LogP) is 2.54. The number of anilines is 1. The van der Waals surface area contributed by atoms with E-state index >= 15 is 0 Å². The second-order valence-electron chi connectivity index (χ2n) is 5.07. The molecule has 0 aliphatic heterocycles. The number of nitrogens with two attached hydrogens (primary N) is 1. The van der Waals surface area contributed by atoms with Gasteiger partial charge in [-0.25, -0.2) is 4.68 Å². The summed E-state index contributed by atoms with van der Waals surface area (Å²) in [5, 5.41) is 12.1. The van der Waals surface area contributed by atoms with Crippen molar-refractivity contribution in [1.29, 1.82) is 0 Å². The zero-order chi connectivity index (χ0) is 14.7. The van der Waals surface area contributed by atoms with Gasteiger partial charge in [0.25, 0.3) is 0 Å². The number of benzene rings is 1. The molecule has 0 bridgehead atoms. The Morgan fingerprint density at radius 3 is 2.70 bits per heavy atom. The molecule has 0 saturated carbocycles. The summed E-state index contributed by atoms with van der Waals surface area (Å²) in [7, 11) is 1.61. The van der Waals surface area contributed by atoms with E-state index in [2.05, 4.69) is 36.3 Å². The highest BCUT2D eigenvalue weighted by Crippen LogP contribution is 2.29. The molecule has 0 saturated heterocycles. The minimum absolute atomic E-state index is 0.220. The van der Waals surface area contributed by atoms with Crippen LogP contribution in [0.5, 0.6) is 5.75 Å². The zero-order valence-electron chi connectivity index (χ0n) is 12.4. The van der Waals surface area contributed by atoms with Crippen LogP contribution in [0.2, 0.25) is 0 Å². The molecule has 1 aromatic heterocycles. The normalized spacial score (nSPS) is 14.0. The molecule has 2 N–H and O–H groups in total. The molecule has 0 fully saturated rings.